The molecule has 84 valence electrons. The summed E-state index contributed by atoms with van der Waals surface area (Å²) in [4.78, 5) is 17.3. The molecule has 3 nitrogen and oxygen atoms in total. The number of nitrogens with zero attached hydrogens (tertiary/aromatic N) is 2. The summed E-state index contributed by atoms with van der Waals surface area (Å²) in [5.41, 5.74) is 1.93. The van der Waals surface area contributed by atoms with E-state index in [9.17, 15) is 4.79 Å². The van der Waals surface area contributed by atoms with E-state index < -0.39 is 0 Å². The average molecular weight is 242 g/mol. The molecule has 4 heteroatoms. The molecule has 0 N–H and O–H groups in total. The maximum atomic E-state index is 11.1. The van der Waals surface area contributed by atoms with Gasteiger partial charge in [-0.05, 0) is 5.56 Å². The summed E-state index contributed by atoms with van der Waals surface area (Å²) in [7, 11) is 0. The normalized spacial score (nSPS) is 10.8. The number of fused-ring (bicyclic) bond motifs is 1. The highest BCUT2D eigenvalue weighted by Gasteiger charge is 2.11. The van der Waals surface area contributed by atoms with Gasteiger partial charge < -0.3 is 0 Å². The maximum absolute atomic E-state index is 11.1. The SMILES string of the molecule is O=Cc1c(Cc2ccccc2)sc2cncn12. The molecule has 0 aliphatic rings. The van der Waals surface area contributed by atoms with Crippen LogP contribution in [0, 0.1) is 0 Å². The fraction of sp³-hybridized carbons (Fsp3) is 0.0769. The number of hydrogen-bond donors (Lipinski definition) is 0. The minimum atomic E-state index is 0.714. The van der Waals surface area contributed by atoms with Crippen LogP contribution in [-0.2, 0) is 6.42 Å². The first-order valence-electron chi connectivity index (χ1n) is 5.31. The highest BCUT2D eigenvalue weighted by atomic mass is 32.1. The molecule has 17 heavy (non-hydrogen) atoms. The van der Waals surface area contributed by atoms with Crippen LogP contribution in [0.3, 0.4) is 0 Å². The zero-order valence-corrected chi connectivity index (χ0v) is 9.85. The van der Waals surface area contributed by atoms with Crippen molar-refractivity contribution in [2.45, 2.75) is 6.42 Å². The monoisotopic (exact) mass is 242 g/mol. The molecular weight excluding hydrogens is 232 g/mol. The lowest BCUT2D eigenvalue weighted by molar-refractivity contribution is 0.111. The molecule has 3 rings (SSSR count). The zero-order chi connectivity index (χ0) is 11.7. The molecule has 2 aromatic heterocycles. The van der Waals surface area contributed by atoms with Gasteiger partial charge in [-0.3, -0.25) is 9.20 Å². The van der Waals surface area contributed by atoms with E-state index in [-0.39, 0.29) is 0 Å². The van der Waals surface area contributed by atoms with Crippen LogP contribution in [0.25, 0.3) is 4.83 Å². The highest BCUT2D eigenvalue weighted by molar-refractivity contribution is 7.17. The summed E-state index contributed by atoms with van der Waals surface area (Å²) in [6, 6.07) is 10.2. The summed E-state index contributed by atoms with van der Waals surface area (Å²) < 4.78 is 1.84. The molecule has 1 aromatic carbocycles. The Labute approximate surface area is 102 Å². The molecule has 0 fully saturated rings. The lowest BCUT2D eigenvalue weighted by Gasteiger charge is -1.99. The van der Waals surface area contributed by atoms with Crippen molar-refractivity contribution in [3.8, 4) is 0 Å². The van der Waals surface area contributed by atoms with Gasteiger partial charge in [-0.1, -0.05) is 30.3 Å². The number of carbonyl (C=O) groups is 1. The first-order valence-corrected chi connectivity index (χ1v) is 6.13. The highest BCUT2D eigenvalue weighted by Crippen LogP contribution is 2.24. The summed E-state index contributed by atoms with van der Waals surface area (Å²) in [6.07, 6.45) is 5.17. The number of rotatable bonds is 3. The van der Waals surface area contributed by atoms with Crippen molar-refractivity contribution in [3.63, 3.8) is 0 Å². The number of carbonyl (C=O) groups excluding carboxylic acids is 1. The number of thiazole rings is 1. The fourth-order valence-corrected chi connectivity index (χ4v) is 2.98. The van der Waals surface area contributed by atoms with Gasteiger partial charge >= 0.3 is 0 Å². The van der Waals surface area contributed by atoms with E-state index in [4.69, 9.17) is 0 Å². The lowest BCUT2D eigenvalue weighted by atomic mass is 10.1. The maximum Gasteiger partial charge on any atom is 0.168 e. The molecular formula is C13H10N2OS. The smallest absolute Gasteiger partial charge is 0.168 e. The van der Waals surface area contributed by atoms with Crippen LogP contribution in [-0.4, -0.2) is 15.7 Å². The average Bonchev–Trinajstić information content (AvgIpc) is 2.90. The second kappa shape index (κ2) is 4.14. The van der Waals surface area contributed by atoms with E-state index in [0.29, 0.717) is 5.69 Å². The van der Waals surface area contributed by atoms with E-state index in [1.54, 1.807) is 23.9 Å². The Kier molecular flexibility index (Phi) is 2.49. The number of aldehydes is 1. The van der Waals surface area contributed by atoms with Crippen LogP contribution in [0.4, 0.5) is 0 Å². The van der Waals surface area contributed by atoms with Crippen LogP contribution < -0.4 is 0 Å². The second-order valence-corrected chi connectivity index (χ2v) is 4.91. The van der Waals surface area contributed by atoms with Crippen molar-refractivity contribution in [1.82, 2.24) is 9.38 Å². The molecule has 0 aliphatic heterocycles. The first kappa shape index (κ1) is 10.2. The third-order valence-corrected chi connectivity index (χ3v) is 3.81. The van der Waals surface area contributed by atoms with Crippen molar-refractivity contribution in [2.24, 2.45) is 0 Å². The summed E-state index contributed by atoms with van der Waals surface area (Å²) in [6.45, 7) is 0. The van der Waals surface area contributed by atoms with Crippen molar-refractivity contribution in [3.05, 3.63) is 59.0 Å². The van der Waals surface area contributed by atoms with Crippen molar-refractivity contribution >= 4 is 22.5 Å². The van der Waals surface area contributed by atoms with Gasteiger partial charge in [0.1, 0.15) is 16.9 Å². The molecule has 2 heterocycles. The molecule has 3 aromatic rings. The predicted octanol–water partition coefficient (Wildman–Crippen LogP) is 2.80. The molecule has 0 atom stereocenters. The van der Waals surface area contributed by atoms with Crippen molar-refractivity contribution in [2.75, 3.05) is 0 Å². The number of hydrogen-bond acceptors (Lipinski definition) is 3. The third kappa shape index (κ3) is 1.76. The Morgan fingerprint density at radius 2 is 2.12 bits per heavy atom. The molecule has 0 amide bonds. The van der Waals surface area contributed by atoms with Gasteiger partial charge in [0.05, 0.1) is 6.20 Å². The molecule has 0 saturated heterocycles. The van der Waals surface area contributed by atoms with E-state index >= 15 is 0 Å². The van der Waals surface area contributed by atoms with Gasteiger partial charge in [0, 0.05) is 11.3 Å². The number of benzene rings is 1. The Morgan fingerprint density at radius 1 is 1.29 bits per heavy atom. The largest absolute Gasteiger partial charge is 0.296 e. The number of aromatic nitrogens is 2. The van der Waals surface area contributed by atoms with Crippen LogP contribution in [0.2, 0.25) is 0 Å². The molecule has 0 saturated carbocycles. The summed E-state index contributed by atoms with van der Waals surface area (Å²) >= 11 is 1.62. The van der Waals surface area contributed by atoms with E-state index in [1.165, 1.54) is 5.56 Å². The number of imidazole rings is 1. The van der Waals surface area contributed by atoms with Gasteiger partial charge in [0.2, 0.25) is 0 Å². The lowest BCUT2D eigenvalue weighted by Crippen LogP contribution is -1.94. The van der Waals surface area contributed by atoms with E-state index in [2.05, 4.69) is 17.1 Å². The standard InChI is InChI=1S/C13H10N2OS/c16-8-11-12(6-10-4-2-1-3-5-10)17-13-7-14-9-15(11)13/h1-5,7-9H,6H2. The van der Waals surface area contributed by atoms with Crippen LogP contribution in [0.15, 0.2) is 42.9 Å². The van der Waals surface area contributed by atoms with Gasteiger partial charge in [0.25, 0.3) is 0 Å². The minimum absolute atomic E-state index is 0.714. The Bertz CT molecular complexity index is 654. The fourth-order valence-electron chi connectivity index (χ4n) is 1.88. The van der Waals surface area contributed by atoms with Crippen LogP contribution in [0.5, 0.6) is 0 Å². The summed E-state index contributed by atoms with van der Waals surface area (Å²) in [5, 5.41) is 0. The van der Waals surface area contributed by atoms with Crippen LogP contribution in [0.1, 0.15) is 20.9 Å². The van der Waals surface area contributed by atoms with Crippen molar-refractivity contribution in [1.29, 1.82) is 0 Å². The molecule has 0 spiro atoms. The topological polar surface area (TPSA) is 34.4 Å². The Hall–Kier alpha value is -1.94. The first-order chi connectivity index (χ1) is 8.38. The van der Waals surface area contributed by atoms with Crippen LogP contribution >= 0.6 is 11.3 Å². The van der Waals surface area contributed by atoms with Crippen molar-refractivity contribution < 1.29 is 4.79 Å². The zero-order valence-electron chi connectivity index (χ0n) is 9.04. The quantitative estimate of drug-likeness (QED) is 0.662. The van der Waals surface area contributed by atoms with Gasteiger partial charge in [-0.2, -0.15) is 0 Å². The molecule has 0 bridgehead atoms. The second-order valence-electron chi connectivity index (χ2n) is 3.79. The van der Waals surface area contributed by atoms with E-state index in [0.717, 1.165) is 22.4 Å². The molecule has 0 unspecified atom stereocenters. The molecule has 0 aliphatic carbocycles. The van der Waals surface area contributed by atoms with E-state index in [1.807, 2.05) is 22.6 Å². The Balaban J connectivity index is 2.05. The molecule has 0 radical (unpaired) electrons. The Morgan fingerprint density at radius 3 is 2.88 bits per heavy atom. The third-order valence-electron chi connectivity index (χ3n) is 2.70. The summed E-state index contributed by atoms with van der Waals surface area (Å²) in [5.74, 6) is 0. The van der Waals surface area contributed by atoms with Gasteiger partial charge in [-0.15, -0.1) is 11.3 Å². The minimum Gasteiger partial charge on any atom is -0.296 e. The van der Waals surface area contributed by atoms with Gasteiger partial charge in [0.15, 0.2) is 6.29 Å². The van der Waals surface area contributed by atoms with Gasteiger partial charge in [-0.25, -0.2) is 4.98 Å². The predicted molar refractivity (Wildman–Crippen MR) is 67.7 cm³/mol.